The summed E-state index contributed by atoms with van der Waals surface area (Å²) in [7, 11) is 1.59. The van der Waals surface area contributed by atoms with Crippen LogP contribution in [-0.2, 0) is 22.7 Å². The SMILES string of the molecule is COc1ccc(CN2C(=O)[C@@H](OCc3ccccc3)[C@H](O)[C@H]2CO)cc1. The number of amides is 1. The molecule has 6 heteroatoms. The fourth-order valence-electron chi connectivity index (χ4n) is 3.12. The Balaban J connectivity index is 1.70. The molecule has 0 unspecified atom stereocenters. The van der Waals surface area contributed by atoms with E-state index in [0.29, 0.717) is 0 Å². The van der Waals surface area contributed by atoms with Gasteiger partial charge >= 0.3 is 0 Å². The van der Waals surface area contributed by atoms with Crippen LogP contribution in [0.2, 0.25) is 0 Å². The van der Waals surface area contributed by atoms with Gasteiger partial charge in [-0.05, 0) is 23.3 Å². The van der Waals surface area contributed by atoms with E-state index in [1.165, 1.54) is 4.90 Å². The molecule has 0 saturated carbocycles. The van der Waals surface area contributed by atoms with E-state index >= 15 is 0 Å². The third-order valence-corrected chi connectivity index (χ3v) is 4.60. The molecule has 0 spiro atoms. The molecule has 138 valence electrons. The number of rotatable bonds is 7. The van der Waals surface area contributed by atoms with Crippen LogP contribution < -0.4 is 4.74 Å². The van der Waals surface area contributed by atoms with E-state index in [1.54, 1.807) is 7.11 Å². The van der Waals surface area contributed by atoms with Crippen LogP contribution in [0.1, 0.15) is 11.1 Å². The van der Waals surface area contributed by atoms with Gasteiger partial charge in [0.15, 0.2) is 6.10 Å². The number of benzene rings is 2. The summed E-state index contributed by atoms with van der Waals surface area (Å²) >= 11 is 0. The number of carbonyl (C=O) groups excluding carboxylic acids is 1. The van der Waals surface area contributed by atoms with Gasteiger partial charge in [0.1, 0.15) is 11.9 Å². The van der Waals surface area contributed by atoms with Crippen LogP contribution in [0.25, 0.3) is 0 Å². The van der Waals surface area contributed by atoms with Gasteiger partial charge in [-0.25, -0.2) is 0 Å². The standard InChI is InChI=1S/C20H23NO5/c1-25-16-9-7-14(8-10-16)11-21-17(12-22)18(23)19(20(21)24)26-13-15-5-3-2-4-6-15/h2-10,17-19,22-23H,11-13H2,1H3/t17-,18-,19+/m1/s1. The number of ether oxygens (including phenoxy) is 2. The third kappa shape index (κ3) is 3.88. The number of aliphatic hydroxyl groups excluding tert-OH is 2. The van der Waals surface area contributed by atoms with Gasteiger partial charge in [-0.15, -0.1) is 0 Å². The minimum atomic E-state index is -1.07. The summed E-state index contributed by atoms with van der Waals surface area (Å²) < 4.78 is 10.8. The summed E-state index contributed by atoms with van der Waals surface area (Å²) in [5.41, 5.74) is 1.80. The Morgan fingerprint density at radius 1 is 1.04 bits per heavy atom. The predicted molar refractivity (Wildman–Crippen MR) is 95.4 cm³/mol. The van der Waals surface area contributed by atoms with Crippen molar-refractivity contribution in [3.63, 3.8) is 0 Å². The second-order valence-electron chi connectivity index (χ2n) is 6.27. The van der Waals surface area contributed by atoms with Gasteiger partial charge in [0.2, 0.25) is 0 Å². The van der Waals surface area contributed by atoms with Gasteiger partial charge in [0, 0.05) is 6.54 Å². The monoisotopic (exact) mass is 357 g/mol. The molecule has 0 radical (unpaired) electrons. The van der Waals surface area contributed by atoms with Crippen molar-refractivity contribution in [2.45, 2.75) is 31.4 Å². The Hall–Kier alpha value is -2.41. The molecule has 1 amide bonds. The van der Waals surface area contributed by atoms with Crippen LogP contribution in [0.5, 0.6) is 5.75 Å². The Labute approximate surface area is 152 Å². The summed E-state index contributed by atoms with van der Waals surface area (Å²) in [6.07, 6.45) is -2.06. The zero-order valence-corrected chi connectivity index (χ0v) is 14.6. The molecule has 1 fully saturated rings. The summed E-state index contributed by atoms with van der Waals surface area (Å²) in [4.78, 5) is 14.2. The minimum absolute atomic E-state index is 0.225. The number of carbonyl (C=O) groups is 1. The highest BCUT2D eigenvalue weighted by atomic mass is 16.5. The highest BCUT2D eigenvalue weighted by molar-refractivity contribution is 5.84. The normalized spacial score (nSPS) is 22.7. The van der Waals surface area contributed by atoms with Crippen molar-refractivity contribution in [1.82, 2.24) is 4.90 Å². The van der Waals surface area contributed by atoms with E-state index in [1.807, 2.05) is 54.6 Å². The summed E-state index contributed by atoms with van der Waals surface area (Å²) in [6.45, 7) is 0.188. The van der Waals surface area contributed by atoms with Crippen LogP contribution in [0.3, 0.4) is 0 Å². The molecule has 26 heavy (non-hydrogen) atoms. The van der Waals surface area contributed by atoms with Gasteiger partial charge in [-0.3, -0.25) is 4.79 Å². The van der Waals surface area contributed by atoms with E-state index in [2.05, 4.69) is 0 Å². The lowest BCUT2D eigenvalue weighted by Crippen LogP contribution is -2.39. The lowest BCUT2D eigenvalue weighted by Gasteiger charge is -2.24. The first-order valence-electron chi connectivity index (χ1n) is 8.52. The third-order valence-electron chi connectivity index (χ3n) is 4.60. The van der Waals surface area contributed by atoms with E-state index in [9.17, 15) is 15.0 Å². The summed E-state index contributed by atoms with van der Waals surface area (Å²) in [6, 6.07) is 16.1. The van der Waals surface area contributed by atoms with Crippen LogP contribution >= 0.6 is 0 Å². The molecule has 3 atom stereocenters. The Morgan fingerprint density at radius 2 is 1.73 bits per heavy atom. The maximum Gasteiger partial charge on any atom is 0.255 e. The van der Waals surface area contributed by atoms with Crippen molar-refractivity contribution in [2.24, 2.45) is 0 Å². The van der Waals surface area contributed by atoms with Crippen LogP contribution in [0.15, 0.2) is 54.6 Å². The second kappa shape index (κ2) is 8.31. The number of methoxy groups -OCH3 is 1. The van der Waals surface area contributed by atoms with Crippen LogP contribution in [0.4, 0.5) is 0 Å². The zero-order valence-electron chi connectivity index (χ0n) is 14.6. The molecule has 3 rings (SSSR count). The van der Waals surface area contributed by atoms with Crippen molar-refractivity contribution >= 4 is 5.91 Å². The lowest BCUT2D eigenvalue weighted by molar-refractivity contribution is -0.141. The maximum atomic E-state index is 12.7. The molecule has 0 aliphatic carbocycles. The molecule has 2 aromatic rings. The molecule has 2 aromatic carbocycles. The van der Waals surface area contributed by atoms with Crippen molar-refractivity contribution in [1.29, 1.82) is 0 Å². The Bertz CT molecular complexity index is 719. The molecule has 0 aromatic heterocycles. The highest BCUT2D eigenvalue weighted by Gasteiger charge is 2.47. The smallest absolute Gasteiger partial charge is 0.255 e. The summed E-state index contributed by atoms with van der Waals surface area (Å²) in [5.74, 6) is 0.410. The molecule has 1 saturated heterocycles. The molecule has 0 bridgehead atoms. The fraction of sp³-hybridized carbons (Fsp3) is 0.350. The van der Waals surface area contributed by atoms with E-state index in [4.69, 9.17) is 9.47 Å². The Morgan fingerprint density at radius 3 is 2.35 bits per heavy atom. The lowest BCUT2D eigenvalue weighted by atomic mass is 10.1. The van der Waals surface area contributed by atoms with E-state index in [0.717, 1.165) is 16.9 Å². The molecule has 6 nitrogen and oxygen atoms in total. The van der Waals surface area contributed by atoms with E-state index in [-0.39, 0.29) is 25.7 Å². The minimum Gasteiger partial charge on any atom is -0.497 e. The average Bonchev–Trinajstić information content (AvgIpc) is 2.90. The van der Waals surface area contributed by atoms with Crippen molar-refractivity contribution in [3.05, 3.63) is 65.7 Å². The van der Waals surface area contributed by atoms with E-state index < -0.39 is 18.2 Å². The predicted octanol–water partition coefficient (Wildman–Crippen LogP) is 1.34. The van der Waals surface area contributed by atoms with Gasteiger partial charge in [0.25, 0.3) is 5.91 Å². The molecule has 1 aliphatic rings. The van der Waals surface area contributed by atoms with Crippen LogP contribution in [0, 0.1) is 0 Å². The number of nitrogens with zero attached hydrogens (tertiary/aromatic N) is 1. The van der Waals surface area contributed by atoms with Gasteiger partial charge < -0.3 is 24.6 Å². The van der Waals surface area contributed by atoms with Gasteiger partial charge in [-0.2, -0.15) is 0 Å². The van der Waals surface area contributed by atoms with Crippen molar-refractivity contribution in [3.8, 4) is 5.75 Å². The molecule has 1 aliphatic heterocycles. The average molecular weight is 357 g/mol. The quantitative estimate of drug-likeness (QED) is 0.782. The van der Waals surface area contributed by atoms with Crippen molar-refractivity contribution in [2.75, 3.05) is 13.7 Å². The van der Waals surface area contributed by atoms with Crippen LogP contribution in [-0.4, -0.2) is 53.0 Å². The first-order valence-corrected chi connectivity index (χ1v) is 8.52. The van der Waals surface area contributed by atoms with Crippen molar-refractivity contribution < 1.29 is 24.5 Å². The van der Waals surface area contributed by atoms with Gasteiger partial charge in [0.05, 0.1) is 26.4 Å². The topological polar surface area (TPSA) is 79.2 Å². The second-order valence-corrected chi connectivity index (χ2v) is 6.27. The molecule has 2 N–H and O–H groups in total. The van der Waals surface area contributed by atoms with Gasteiger partial charge in [-0.1, -0.05) is 42.5 Å². The highest BCUT2D eigenvalue weighted by Crippen LogP contribution is 2.26. The zero-order chi connectivity index (χ0) is 18.5. The number of hydrogen-bond donors (Lipinski definition) is 2. The molecular weight excluding hydrogens is 334 g/mol. The number of hydrogen-bond acceptors (Lipinski definition) is 5. The molecule has 1 heterocycles. The molecular formula is C20H23NO5. The number of aliphatic hydroxyl groups is 2. The first-order chi connectivity index (χ1) is 12.6. The summed E-state index contributed by atoms with van der Waals surface area (Å²) in [5, 5.41) is 20.1. The Kier molecular flexibility index (Phi) is 5.88. The number of likely N-dealkylation sites (tertiary alicyclic amines) is 1. The maximum absolute atomic E-state index is 12.7. The largest absolute Gasteiger partial charge is 0.497 e. The first kappa shape index (κ1) is 18.4. The fourth-order valence-corrected chi connectivity index (χ4v) is 3.12.